The fourth-order valence-electron chi connectivity index (χ4n) is 3.19. The quantitative estimate of drug-likeness (QED) is 0.350. The van der Waals surface area contributed by atoms with Gasteiger partial charge in [0.25, 0.3) is 0 Å². The zero-order chi connectivity index (χ0) is 20.2. The van der Waals surface area contributed by atoms with Gasteiger partial charge in [-0.1, -0.05) is 31.4 Å². The number of benzene rings is 1. The molecule has 1 aromatic carbocycles. The Bertz CT molecular complexity index is 719. The second-order valence-corrected chi connectivity index (χ2v) is 9.00. The highest BCUT2D eigenvalue weighted by Gasteiger charge is 2.18. The van der Waals surface area contributed by atoms with Crippen molar-refractivity contribution in [2.75, 3.05) is 32.0 Å². The lowest BCUT2D eigenvalue weighted by Gasteiger charge is -2.21. The van der Waals surface area contributed by atoms with Gasteiger partial charge in [0.2, 0.25) is 0 Å². The molecule has 0 amide bonds. The van der Waals surface area contributed by atoms with Crippen molar-refractivity contribution in [3.8, 4) is 0 Å². The maximum Gasteiger partial charge on any atom is 0.191 e. The standard InChI is InChI=1S/C20H32FN3O3S/c1-2-22-20(23-13-8-15-27-17-9-4-3-5-10-17)24-14-16-28(25,26)19-12-7-6-11-18(19)21/h6-7,11-12,17H,2-5,8-10,13-16H2,1H3,(H2,22,23,24). The third-order valence-electron chi connectivity index (χ3n) is 4.66. The molecule has 0 saturated heterocycles. The van der Waals surface area contributed by atoms with E-state index >= 15 is 0 Å². The SMILES string of the molecule is CCNC(=NCCCOC1CCCCC1)NCCS(=O)(=O)c1ccccc1F. The molecule has 0 spiro atoms. The Morgan fingerprint density at radius 2 is 1.96 bits per heavy atom. The zero-order valence-electron chi connectivity index (χ0n) is 16.6. The number of guanidine groups is 1. The van der Waals surface area contributed by atoms with Crippen molar-refractivity contribution < 1.29 is 17.5 Å². The van der Waals surface area contributed by atoms with Gasteiger partial charge < -0.3 is 15.4 Å². The molecular weight excluding hydrogens is 381 g/mol. The number of nitrogens with one attached hydrogen (secondary N) is 2. The fraction of sp³-hybridized carbons (Fsp3) is 0.650. The third kappa shape index (κ3) is 7.75. The van der Waals surface area contributed by atoms with Crippen LogP contribution in [0.2, 0.25) is 0 Å². The molecule has 0 unspecified atom stereocenters. The van der Waals surface area contributed by atoms with E-state index in [1.807, 2.05) is 6.92 Å². The van der Waals surface area contributed by atoms with Crippen LogP contribution >= 0.6 is 0 Å². The van der Waals surface area contributed by atoms with Crippen LogP contribution in [0.1, 0.15) is 45.4 Å². The maximum atomic E-state index is 13.7. The molecule has 0 atom stereocenters. The van der Waals surface area contributed by atoms with E-state index in [4.69, 9.17) is 4.74 Å². The average molecular weight is 414 g/mol. The minimum absolute atomic E-state index is 0.154. The molecule has 6 nitrogen and oxygen atoms in total. The number of sulfone groups is 1. The number of nitrogens with zero attached hydrogens (tertiary/aromatic N) is 1. The van der Waals surface area contributed by atoms with Gasteiger partial charge in [0.05, 0.1) is 11.9 Å². The van der Waals surface area contributed by atoms with Crippen molar-refractivity contribution in [1.82, 2.24) is 10.6 Å². The van der Waals surface area contributed by atoms with Crippen molar-refractivity contribution in [1.29, 1.82) is 0 Å². The topological polar surface area (TPSA) is 79.8 Å². The number of rotatable bonds is 10. The van der Waals surface area contributed by atoms with E-state index in [0.717, 1.165) is 25.3 Å². The Labute approximate surface area is 167 Å². The van der Waals surface area contributed by atoms with Gasteiger partial charge in [-0.15, -0.1) is 0 Å². The van der Waals surface area contributed by atoms with Gasteiger partial charge in [0, 0.05) is 26.2 Å². The summed E-state index contributed by atoms with van der Waals surface area (Å²) in [6.45, 7) is 4.06. The number of halogens is 1. The van der Waals surface area contributed by atoms with Crippen LogP contribution in [0.4, 0.5) is 4.39 Å². The molecule has 8 heteroatoms. The van der Waals surface area contributed by atoms with Crippen molar-refractivity contribution in [3.05, 3.63) is 30.1 Å². The molecule has 1 aliphatic carbocycles. The Hall–Kier alpha value is -1.67. The van der Waals surface area contributed by atoms with Crippen molar-refractivity contribution in [2.45, 2.75) is 56.4 Å². The van der Waals surface area contributed by atoms with E-state index in [9.17, 15) is 12.8 Å². The smallest absolute Gasteiger partial charge is 0.191 e. The summed E-state index contributed by atoms with van der Waals surface area (Å²) in [4.78, 5) is 4.19. The molecule has 0 heterocycles. The van der Waals surface area contributed by atoms with Crippen LogP contribution in [0, 0.1) is 5.82 Å². The van der Waals surface area contributed by atoms with Gasteiger partial charge in [-0.3, -0.25) is 4.99 Å². The predicted octanol–water partition coefficient (Wildman–Crippen LogP) is 2.89. The van der Waals surface area contributed by atoms with Crippen molar-refractivity contribution >= 4 is 15.8 Å². The zero-order valence-corrected chi connectivity index (χ0v) is 17.4. The minimum atomic E-state index is -3.68. The van der Waals surface area contributed by atoms with Gasteiger partial charge in [0.15, 0.2) is 15.8 Å². The highest BCUT2D eigenvalue weighted by Crippen LogP contribution is 2.20. The summed E-state index contributed by atoms with van der Waals surface area (Å²) in [5, 5.41) is 6.09. The monoisotopic (exact) mass is 413 g/mol. The molecule has 1 fully saturated rings. The summed E-state index contributed by atoms with van der Waals surface area (Å²) in [5.41, 5.74) is 0. The van der Waals surface area contributed by atoms with Crippen molar-refractivity contribution in [2.24, 2.45) is 4.99 Å². The predicted molar refractivity (Wildman–Crippen MR) is 110 cm³/mol. The number of ether oxygens (including phenoxy) is 1. The molecule has 1 saturated carbocycles. The van der Waals surface area contributed by atoms with Crippen LogP contribution in [0.5, 0.6) is 0 Å². The lowest BCUT2D eigenvalue weighted by Crippen LogP contribution is -2.39. The Balaban J connectivity index is 1.73. The molecule has 1 aromatic rings. The van der Waals surface area contributed by atoms with Crippen LogP contribution in [-0.2, 0) is 14.6 Å². The lowest BCUT2D eigenvalue weighted by atomic mass is 9.98. The summed E-state index contributed by atoms with van der Waals surface area (Å²) in [5.74, 6) is -0.367. The van der Waals surface area contributed by atoms with Crippen LogP contribution in [-0.4, -0.2) is 52.5 Å². The van der Waals surface area contributed by atoms with E-state index in [0.29, 0.717) is 31.8 Å². The fourth-order valence-corrected chi connectivity index (χ4v) is 4.43. The summed E-state index contributed by atoms with van der Waals surface area (Å²) < 4.78 is 44.2. The van der Waals surface area contributed by atoms with E-state index in [-0.39, 0.29) is 17.2 Å². The molecule has 2 N–H and O–H groups in total. The van der Waals surface area contributed by atoms with Gasteiger partial charge in [0.1, 0.15) is 10.7 Å². The number of hydrogen-bond donors (Lipinski definition) is 2. The Kier molecular flexibility index (Phi) is 9.70. The van der Waals surface area contributed by atoms with E-state index in [2.05, 4.69) is 15.6 Å². The number of aliphatic imine (C=N–C) groups is 1. The summed E-state index contributed by atoms with van der Waals surface area (Å²) in [6, 6.07) is 5.43. The molecule has 0 radical (unpaired) electrons. The molecule has 0 aromatic heterocycles. The van der Waals surface area contributed by atoms with Crippen molar-refractivity contribution in [3.63, 3.8) is 0 Å². The molecule has 0 aliphatic heterocycles. The van der Waals surface area contributed by atoms with Crippen LogP contribution in [0.15, 0.2) is 34.2 Å². The largest absolute Gasteiger partial charge is 0.378 e. The normalized spacial score (nSPS) is 16.1. The molecule has 158 valence electrons. The highest BCUT2D eigenvalue weighted by molar-refractivity contribution is 7.91. The highest BCUT2D eigenvalue weighted by atomic mass is 32.2. The Morgan fingerprint density at radius 1 is 1.21 bits per heavy atom. The third-order valence-corrected chi connectivity index (χ3v) is 6.40. The first kappa shape index (κ1) is 22.6. The first-order chi connectivity index (χ1) is 13.5. The molecular formula is C20H32FN3O3S. The Morgan fingerprint density at radius 3 is 2.68 bits per heavy atom. The summed E-state index contributed by atoms with van der Waals surface area (Å²) in [6.07, 6.45) is 7.36. The van der Waals surface area contributed by atoms with Gasteiger partial charge in [-0.2, -0.15) is 0 Å². The molecule has 0 bridgehead atoms. The average Bonchev–Trinajstić information content (AvgIpc) is 2.68. The summed E-state index contributed by atoms with van der Waals surface area (Å²) in [7, 11) is -3.68. The number of hydrogen-bond acceptors (Lipinski definition) is 4. The van der Waals surface area contributed by atoms with Crippen LogP contribution in [0.25, 0.3) is 0 Å². The first-order valence-corrected chi connectivity index (χ1v) is 11.8. The van der Waals surface area contributed by atoms with E-state index < -0.39 is 15.7 Å². The molecule has 1 aliphatic rings. The first-order valence-electron chi connectivity index (χ1n) is 10.1. The van der Waals surface area contributed by atoms with Gasteiger partial charge >= 0.3 is 0 Å². The van der Waals surface area contributed by atoms with Crippen LogP contribution in [0.3, 0.4) is 0 Å². The molecule has 2 rings (SSSR count). The minimum Gasteiger partial charge on any atom is -0.378 e. The summed E-state index contributed by atoms with van der Waals surface area (Å²) >= 11 is 0. The second-order valence-electron chi connectivity index (χ2n) is 6.92. The van der Waals surface area contributed by atoms with Crippen LogP contribution < -0.4 is 10.6 Å². The van der Waals surface area contributed by atoms with E-state index in [1.54, 1.807) is 0 Å². The lowest BCUT2D eigenvalue weighted by molar-refractivity contribution is 0.0281. The van der Waals surface area contributed by atoms with Gasteiger partial charge in [-0.25, -0.2) is 12.8 Å². The van der Waals surface area contributed by atoms with Gasteiger partial charge in [-0.05, 0) is 38.3 Å². The maximum absolute atomic E-state index is 13.7. The molecule has 28 heavy (non-hydrogen) atoms. The van der Waals surface area contributed by atoms with E-state index in [1.165, 1.54) is 37.5 Å². The second kappa shape index (κ2) is 12.0.